The van der Waals surface area contributed by atoms with Crippen molar-refractivity contribution in [3.05, 3.63) is 0 Å². The smallest absolute Gasteiger partial charge is 0.321 e. The van der Waals surface area contributed by atoms with Gasteiger partial charge in [0.05, 0.1) is 5.25 Å². The Kier molecular flexibility index (Phi) is 4.61. The van der Waals surface area contributed by atoms with E-state index in [1.54, 1.807) is 0 Å². The van der Waals surface area contributed by atoms with Crippen LogP contribution in [0.25, 0.3) is 0 Å². The van der Waals surface area contributed by atoms with Gasteiger partial charge in [0.25, 0.3) is 0 Å². The normalized spacial score (nSPS) is 23.1. The highest BCUT2D eigenvalue weighted by Gasteiger charge is 2.31. The first-order valence-electron chi connectivity index (χ1n) is 6.70. The summed E-state index contributed by atoms with van der Waals surface area (Å²) >= 11 is 0. The Bertz CT molecular complexity index is 381. The van der Waals surface area contributed by atoms with Gasteiger partial charge in [0.15, 0.2) is 9.84 Å². The number of hydrogen-bond acceptors (Lipinski definition) is 5. The molecular weight excluding hydrogens is 254 g/mol. The molecule has 2 rings (SSSR count). The summed E-state index contributed by atoms with van der Waals surface area (Å²) in [5.74, 6) is -1.02. The third kappa shape index (κ3) is 3.68. The molecule has 0 bridgehead atoms. The summed E-state index contributed by atoms with van der Waals surface area (Å²) in [6, 6.07) is 0. The van der Waals surface area contributed by atoms with Gasteiger partial charge in [-0.3, -0.25) is 4.79 Å². The van der Waals surface area contributed by atoms with Crippen LogP contribution in [0.4, 0.5) is 0 Å². The second kappa shape index (κ2) is 6.02. The van der Waals surface area contributed by atoms with Crippen LogP contribution < -0.4 is 5.32 Å². The van der Waals surface area contributed by atoms with Gasteiger partial charge < -0.3 is 10.1 Å². The zero-order chi connectivity index (χ0) is 13.0. The Labute approximate surface area is 108 Å². The molecule has 0 aromatic heterocycles. The minimum atomic E-state index is -3.34. The molecule has 0 amide bonds. The van der Waals surface area contributed by atoms with Crippen LogP contribution in [0.15, 0.2) is 0 Å². The molecule has 5 nitrogen and oxygen atoms in total. The van der Waals surface area contributed by atoms with E-state index in [0.29, 0.717) is 25.9 Å². The van der Waals surface area contributed by atoms with Crippen LogP contribution in [0, 0.1) is 0 Å². The zero-order valence-electron chi connectivity index (χ0n) is 10.6. The summed E-state index contributed by atoms with van der Waals surface area (Å²) < 4.78 is 29.3. The number of carbonyl (C=O) groups excluding carboxylic acids is 1. The van der Waals surface area contributed by atoms with Crippen LogP contribution in [0.3, 0.4) is 0 Å². The lowest BCUT2D eigenvalue weighted by Gasteiger charge is -2.22. The summed E-state index contributed by atoms with van der Waals surface area (Å²) in [6.07, 6.45) is 5.02. The minimum absolute atomic E-state index is 0.0549. The van der Waals surface area contributed by atoms with Crippen molar-refractivity contribution >= 4 is 15.8 Å². The Hall–Kier alpha value is -0.620. The van der Waals surface area contributed by atoms with Crippen molar-refractivity contribution in [2.24, 2.45) is 0 Å². The standard InChI is InChI=1S/C12H21NO4S/c14-12(17-10-3-1-2-4-10)9-18(15,16)11-5-7-13-8-6-11/h10-11,13H,1-9H2. The molecule has 0 atom stereocenters. The predicted octanol–water partition coefficient (Wildman–Crippen LogP) is 0.639. The van der Waals surface area contributed by atoms with Gasteiger partial charge in [-0.05, 0) is 51.6 Å². The molecule has 0 unspecified atom stereocenters. The molecule has 6 heteroatoms. The number of nitrogens with one attached hydrogen (secondary N) is 1. The summed E-state index contributed by atoms with van der Waals surface area (Å²) in [5.41, 5.74) is 0. The molecule has 1 saturated heterocycles. The second-order valence-electron chi connectivity index (χ2n) is 5.15. The van der Waals surface area contributed by atoms with E-state index >= 15 is 0 Å². The van der Waals surface area contributed by atoms with Gasteiger partial charge in [-0.15, -0.1) is 0 Å². The monoisotopic (exact) mass is 275 g/mol. The SMILES string of the molecule is O=C(CS(=O)(=O)C1CCNCC1)OC1CCCC1. The molecule has 0 aromatic rings. The van der Waals surface area contributed by atoms with Gasteiger partial charge in [0, 0.05) is 0 Å². The fourth-order valence-electron chi connectivity index (χ4n) is 2.66. The number of rotatable bonds is 4. The molecule has 1 saturated carbocycles. The van der Waals surface area contributed by atoms with Crippen molar-refractivity contribution in [3.63, 3.8) is 0 Å². The van der Waals surface area contributed by atoms with Crippen LogP contribution >= 0.6 is 0 Å². The number of esters is 1. The highest BCUT2D eigenvalue weighted by molar-refractivity contribution is 7.92. The highest BCUT2D eigenvalue weighted by Crippen LogP contribution is 2.21. The van der Waals surface area contributed by atoms with Gasteiger partial charge in [-0.25, -0.2) is 8.42 Å². The number of hydrogen-bond donors (Lipinski definition) is 1. The van der Waals surface area contributed by atoms with E-state index in [1.807, 2.05) is 0 Å². The number of piperidine rings is 1. The van der Waals surface area contributed by atoms with Crippen molar-refractivity contribution in [1.29, 1.82) is 0 Å². The molecule has 1 aliphatic heterocycles. The van der Waals surface area contributed by atoms with E-state index in [4.69, 9.17) is 4.74 Å². The van der Waals surface area contributed by atoms with E-state index < -0.39 is 21.6 Å². The lowest BCUT2D eigenvalue weighted by atomic mass is 10.2. The number of ether oxygens (including phenoxy) is 1. The molecule has 1 heterocycles. The first-order valence-corrected chi connectivity index (χ1v) is 8.41. The van der Waals surface area contributed by atoms with E-state index in [9.17, 15) is 13.2 Å². The highest BCUT2D eigenvalue weighted by atomic mass is 32.2. The predicted molar refractivity (Wildman–Crippen MR) is 68.0 cm³/mol. The zero-order valence-corrected chi connectivity index (χ0v) is 11.4. The second-order valence-corrected chi connectivity index (χ2v) is 7.43. The van der Waals surface area contributed by atoms with E-state index in [-0.39, 0.29) is 11.4 Å². The van der Waals surface area contributed by atoms with Crippen LogP contribution in [-0.2, 0) is 19.4 Å². The molecule has 1 aliphatic carbocycles. The molecule has 0 radical (unpaired) electrons. The summed E-state index contributed by atoms with van der Waals surface area (Å²) in [7, 11) is -3.34. The van der Waals surface area contributed by atoms with Crippen molar-refractivity contribution in [2.45, 2.75) is 49.9 Å². The Morgan fingerprint density at radius 3 is 2.33 bits per heavy atom. The average Bonchev–Trinajstić information content (AvgIpc) is 2.82. The van der Waals surface area contributed by atoms with Crippen molar-refractivity contribution < 1.29 is 17.9 Å². The first-order chi connectivity index (χ1) is 8.58. The van der Waals surface area contributed by atoms with Crippen LogP contribution in [-0.4, -0.2) is 44.6 Å². The van der Waals surface area contributed by atoms with Crippen molar-refractivity contribution in [2.75, 3.05) is 18.8 Å². The fourth-order valence-corrected chi connectivity index (χ4v) is 4.25. The summed E-state index contributed by atoms with van der Waals surface area (Å²) in [4.78, 5) is 11.6. The van der Waals surface area contributed by atoms with Gasteiger partial charge in [0.2, 0.25) is 0 Å². The van der Waals surface area contributed by atoms with Crippen molar-refractivity contribution in [3.8, 4) is 0 Å². The Balaban J connectivity index is 1.84. The van der Waals surface area contributed by atoms with E-state index in [0.717, 1.165) is 25.7 Å². The third-order valence-corrected chi connectivity index (χ3v) is 5.84. The third-order valence-electron chi connectivity index (χ3n) is 3.71. The molecule has 1 N–H and O–H groups in total. The van der Waals surface area contributed by atoms with Gasteiger partial charge >= 0.3 is 5.97 Å². The molecule has 104 valence electrons. The lowest BCUT2D eigenvalue weighted by Crippen LogP contribution is -2.38. The maximum Gasteiger partial charge on any atom is 0.321 e. The Morgan fingerprint density at radius 2 is 1.72 bits per heavy atom. The van der Waals surface area contributed by atoms with Crippen molar-refractivity contribution in [1.82, 2.24) is 5.32 Å². The van der Waals surface area contributed by atoms with Crippen LogP contribution in [0.2, 0.25) is 0 Å². The van der Waals surface area contributed by atoms with Gasteiger partial charge in [-0.1, -0.05) is 0 Å². The van der Waals surface area contributed by atoms with Crippen LogP contribution in [0.1, 0.15) is 38.5 Å². The average molecular weight is 275 g/mol. The van der Waals surface area contributed by atoms with Gasteiger partial charge in [-0.2, -0.15) is 0 Å². The molecule has 2 aliphatic rings. The quantitative estimate of drug-likeness (QED) is 0.762. The lowest BCUT2D eigenvalue weighted by molar-refractivity contribution is -0.145. The maximum absolute atomic E-state index is 12.0. The van der Waals surface area contributed by atoms with E-state index in [2.05, 4.69) is 5.32 Å². The number of sulfone groups is 1. The number of carbonyl (C=O) groups is 1. The fraction of sp³-hybridized carbons (Fsp3) is 0.917. The van der Waals surface area contributed by atoms with Crippen LogP contribution in [0.5, 0.6) is 0 Å². The Morgan fingerprint density at radius 1 is 1.11 bits per heavy atom. The van der Waals surface area contributed by atoms with Gasteiger partial charge in [0.1, 0.15) is 11.9 Å². The summed E-state index contributed by atoms with van der Waals surface area (Å²) in [6.45, 7) is 1.42. The molecule has 0 aromatic carbocycles. The molecule has 18 heavy (non-hydrogen) atoms. The summed E-state index contributed by atoms with van der Waals surface area (Å²) in [5, 5.41) is 2.74. The molecule has 2 fully saturated rings. The topological polar surface area (TPSA) is 72.5 Å². The first kappa shape index (κ1) is 13.8. The largest absolute Gasteiger partial charge is 0.462 e. The van der Waals surface area contributed by atoms with E-state index in [1.165, 1.54) is 0 Å². The maximum atomic E-state index is 12.0. The molecule has 0 spiro atoms. The minimum Gasteiger partial charge on any atom is -0.462 e. The molecular formula is C12H21NO4S.